The van der Waals surface area contributed by atoms with Gasteiger partial charge in [0.05, 0.1) is 12.8 Å². The van der Waals surface area contributed by atoms with Crippen LogP contribution < -0.4 is 5.32 Å². The van der Waals surface area contributed by atoms with Gasteiger partial charge in [-0.15, -0.1) is 0 Å². The van der Waals surface area contributed by atoms with E-state index < -0.39 is 17.6 Å². The van der Waals surface area contributed by atoms with Crippen LogP contribution >= 0.6 is 0 Å². The van der Waals surface area contributed by atoms with Gasteiger partial charge >= 0.3 is 5.97 Å². The highest BCUT2D eigenvalue weighted by atomic mass is 16.5. The molecule has 0 aliphatic carbocycles. The fourth-order valence-corrected chi connectivity index (χ4v) is 1.20. The summed E-state index contributed by atoms with van der Waals surface area (Å²) in [5, 5.41) is 21.1. The molecule has 3 N–H and O–H groups in total. The first kappa shape index (κ1) is 13.8. The molecule has 1 aromatic heterocycles. The largest absolute Gasteiger partial charge is 0.506 e. The normalized spacial score (nSPS) is 9.89. The van der Waals surface area contributed by atoms with Crippen LogP contribution in [0, 0.1) is 6.92 Å². The Labute approximate surface area is 103 Å². The number of nitrogens with zero attached hydrogens (tertiary/aromatic N) is 1. The number of hydrogen-bond donors (Lipinski definition) is 3. The number of aromatic nitrogens is 1. The molecule has 0 radical (unpaired) electrons. The number of esters is 1. The van der Waals surface area contributed by atoms with Gasteiger partial charge < -0.3 is 20.3 Å². The molecule has 1 amide bonds. The van der Waals surface area contributed by atoms with Crippen molar-refractivity contribution in [3.05, 3.63) is 17.5 Å². The molecule has 0 aliphatic heterocycles. The SMILES string of the molecule is CCOC(=O)CNC(=O)c1ncc(O)c(C)c1O. The molecule has 18 heavy (non-hydrogen) atoms. The van der Waals surface area contributed by atoms with Gasteiger partial charge in [-0.25, -0.2) is 4.98 Å². The fraction of sp³-hybridized carbons (Fsp3) is 0.364. The van der Waals surface area contributed by atoms with Crippen LogP contribution in [-0.2, 0) is 9.53 Å². The summed E-state index contributed by atoms with van der Waals surface area (Å²) < 4.78 is 4.62. The predicted molar refractivity (Wildman–Crippen MR) is 61.3 cm³/mol. The summed E-state index contributed by atoms with van der Waals surface area (Å²) in [5.74, 6) is -1.93. The van der Waals surface area contributed by atoms with Crippen molar-refractivity contribution in [1.82, 2.24) is 10.3 Å². The van der Waals surface area contributed by atoms with Gasteiger partial charge in [0.2, 0.25) is 0 Å². The third-order valence-electron chi connectivity index (χ3n) is 2.19. The molecule has 0 spiro atoms. The maximum absolute atomic E-state index is 11.6. The van der Waals surface area contributed by atoms with Crippen LogP contribution in [0.5, 0.6) is 11.5 Å². The molecule has 0 fully saturated rings. The van der Waals surface area contributed by atoms with Crippen LogP contribution in [0.4, 0.5) is 0 Å². The Bertz CT molecular complexity index is 473. The van der Waals surface area contributed by atoms with Crippen molar-refractivity contribution < 1.29 is 24.5 Å². The fourth-order valence-electron chi connectivity index (χ4n) is 1.20. The molecule has 0 saturated heterocycles. The van der Waals surface area contributed by atoms with Crippen molar-refractivity contribution >= 4 is 11.9 Å². The second kappa shape index (κ2) is 5.85. The molecule has 0 atom stereocenters. The summed E-state index contributed by atoms with van der Waals surface area (Å²) in [4.78, 5) is 26.2. The van der Waals surface area contributed by atoms with E-state index in [1.165, 1.54) is 6.92 Å². The zero-order valence-corrected chi connectivity index (χ0v) is 10.1. The Hall–Kier alpha value is -2.31. The van der Waals surface area contributed by atoms with Gasteiger partial charge in [0.1, 0.15) is 12.3 Å². The molecule has 1 aromatic rings. The minimum absolute atomic E-state index is 0.145. The van der Waals surface area contributed by atoms with Gasteiger partial charge in [-0.05, 0) is 13.8 Å². The third kappa shape index (κ3) is 3.09. The molecule has 0 aliphatic rings. The lowest BCUT2D eigenvalue weighted by Gasteiger charge is -2.08. The number of pyridine rings is 1. The monoisotopic (exact) mass is 254 g/mol. The number of aromatic hydroxyl groups is 2. The summed E-state index contributed by atoms with van der Waals surface area (Å²) in [5.41, 5.74) is -0.110. The summed E-state index contributed by atoms with van der Waals surface area (Å²) in [7, 11) is 0. The Kier molecular flexibility index (Phi) is 4.47. The maximum Gasteiger partial charge on any atom is 0.325 e. The highest BCUT2D eigenvalue weighted by Gasteiger charge is 2.17. The van der Waals surface area contributed by atoms with Crippen molar-refractivity contribution in [3.8, 4) is 11.5 Å². The summed E-state index contributed by atoms with van der Waals surface area (Å²) in [6.07, 6.45) is 1.05. The quantitative estimate of drug-likeness (QED) is 0.657. The van der Waals surface area contributed by atoms with Crippen LogP contribution in [0.25, 0.3) is 0 Å². The first-order valence-corrected chi connectivity index (χ1v) is 5.28. The number of nitrogens with one attached hydrogen (secondary N) is 1. The van der Waals surface area contributed by atoms with Gasteiger partial charge in [0.25, 0.3) is 5.91 Å². The minimum Gasteiger partial charge on any atom is -0.506 e. The molecule has 98 valence electrons. The molecule has 7 heteroatoms. The maximum atomic E-state index is 11.6. The van der Waals surface area contributed by atoms with Crippen LogP contribution in [0.2, 0.25) is 0 Å². The molecule has 0 unspecified atom stereocenters. The van der Waals surface area contributed by atoms with Crippen molar-refractivity contribution in [3.63, 3.8) is 0 Å². The zero-order valence-electron chi connectivity index (χ0n) is 10.1. The Balaban J connectivity index is 2.74. The first-order chi connectivity index (χ1) is 8.47. The predicted octanol–water partition coefficient (Wildman–Crippen LogP) is 0.0941. The lowest BCUT2D eigenvalue weighted by Crippen LogP contribution is -2.31. The summed E-state index contributed by atoms with van der Waals surface area (Å²) in [6, 6.07) is 0. The van der Waals surface area contributed by atoms with Gasteiger partial charge in [-0.2, -0.15) is 0 Å². The molecule has 1 rings (SSSR count). The lowest BCUT2D eigenvalue weighted by atomic mass is 10.2. The van der Waals surface area contributed by atoms with Gasteiger partial charge in [-0.3, -0.25) is 9.59 Å². The number of ether oxygens (including phenoxy) is 1. The number of rotatable bonds is 4. The molecule has 7 nitrogen and oxygen atoms in total. The average Bonchev–Trinajstić information content (AvgIpc) is 2.34. The minimum atomic E-state index is -0.719. The van der Waals surface area contributed by atoms with E-state index in [-0.39, 0.29) is 30.2 Å². The highest BCUT2D eigenvalue weighted by Crippen LogP contribution is 2.26. The summed E-state index contributed by atoms with van der Waals surface area (Å²) >= 11 is 0. The Morgan fingerprint density at radius 1 is 1.44 bits per heavy atom. The smallest absolute Gasteiger partial charge is 0.325 e. The van der Waals surface area contributed by atoms with Gasteiger partial charge in [-0.1, -0.05) is 0 Å². The van der Waals surface area contributed by atoms with E-state index in [0.29, 0.717) is 0 Å². The molecule has 0 aromatic carbocycles. The Morgan fingerprint density at radius 2 is 2.11 bits per heavy atom. The van der Waals surface area contributed by atoms with Crippen LogP contribution in [-0.4, -0.2) is 40.2 Å². The van der Waals surface area contributed by atoms with Crippen LogP contribution in [0.1, 0.15) is 23.0 Å². The second-order valence-electron chi connectivity index (χ2n) is 3.45. The number of amides is 1. The van der Waals surface area contributed by atoms with Gasteiger partial charge in [0.15, 0.2) is 11.4 Å². The van der Waals surface area contributed by atoms with E-state index in [0.717, 1.165) is 6.20 Å². The van der Waals surface area contributed by atoms with Crippen molar-refractivity contribution in [2.24, 2.45) is 0 Å². The second-order valence-corrected chi connectivity index (χ2v) is 3.45. The molecule has 0 bridgehead atoms. The first-order valence-electron chi connectivity index (χ1n) is 5.28. The van der Waals surface area contributed by atoms with Crippen molar-refractivity contribution in [2.45, 2.75) is 13.8 Å². The lowest BCUT2D eigenvalue weighted by molar-refractivity contribution is -0.141. The number of carbonyl (C=O) groups is 2. The van der Waals surface area contributed by atoms with Crippen LogP contribution in [0.3, 0.4) is 0 Å². The highest BCUT2D eigenvalue weighted by molar-refractivity contribution is 5.96. The Morgan fingerprint density at radius 3 is 2.72 bits per heavy atom. The van der Waals surface area contributed by atoms with E-state index in [1.807, 2.05) is 0 Å². The van der Waals surface area contributed by atoms with Crippen molar-refractivity contribution in [2.75, 3.05) is 13.2 Å². The van der Waals surface area contributed by atoms with E-state index in [1.54, 1.807) is 6.92 Å². The zero-order chi connectivity index (χ0) is 13.7. The average molecular weight is 254 g/mol. The summed E-state index contributed by atoms with van der Waals surface area (Å²) in [6.45, 7) is 3.00. The van der Waals surface area contributed by atoms with E-state index in [2.05, 4.69) is 15.0 Å². The topological polar surface area (TPSA) is 109 Å². The molecule has 0 saturated carbocycles. The van der Waals surface area contributed by atoms with Crippen molar-refractivity contribution in [1.29, 1.82) is 0 Å². The number of carbonyl (C=O) groups excluding carboxylic acids is 2. The third-order valence-corrected chi connectivity index (χ3v) is 2.19. The van der Waals surface area contributed by atoms with E-state index in [9.17, 15) is 19.8 Å². The van der Waals surface area contributed by atoms with E-state index >= 15 is 0 Å². The van der Waals surface area contributed by atoms with Crippen LogP contribution in [0.15, 0.2) is 6.20 Å². The molecular weight excluding hydrogens is 240 g/mol. The molecule has 1 heterocycles. The van der Waals surface area contributed by atoms with E-state index in [4.69, 9.17) is 0 Å². The van der Waals surface area contributed by atoms with Gasteiger partial charge in [0, 0.05) is 5.56 Å². The standard InChI is InChI=1S/C11H14N2O5/c1-3-18-8(15)5-13-11(17)9-10(16)6(2)7(14)4-12-9/h4,14,16H,3,5H2,1-2H3,(H,13,17). The molecular formula is C11H14N2O5. The number of hydrogen-bond acceptors (Lipinski definition) is 6.